The quantitative estimate of drug-likeness (QED) is 0.742. The van der Waals surface area contributed by atoms with Gasteiger partial charge in [0.15, 0.2) is 0 Å². The Morgan fingerprint density at radius 2 is 2.11 bits per heavy atom. The summed E-state index contributed by atoms with van der Waals surface area (Å²) < 4.78 is 11.2. The highest BCUT2D eigenvalue weighted by molar-refractivity contribution is 5.71. The maximum atomic E-state index is 5.62. The van der Waals surface area contributed by atoms with Gasteiger partial charge in [-0.2, -0.15) is 0 Å². The van der Waals surface area contributed by atoms with E-state index in [-0.39, 0.29) is 6.04 Å². The molecule has 0 saturated carbocycles. The number of aliphatic imine (C=N–C) groups is 1. The van der Waals surface area contributed by atoms with Crippen molar-refractivity contribution in [3.63, 3.8) is 0 Å². The van der Waals surface area contributed by atoms with E-state index in [2.05, 4.69) is 9.89 Å². The van der Waals surface area contributed by atoms with Gasteiger partial charge >= 0.3 is 6.08 Å². The summed E-state index contributed by atoms with van der Waals surface area (Å²) in [6.07, 6.45) is 3.00. The zero-order chi connectivity index (χ0) is 11.9. The number of nitrogens with zero attached hydrogens (tertiary/aromatic N) is 2. The molecule has 0 aromatic heterocycles. The number of hydrogen-bond donors (Lipinski definition) is 0. The predicted octanol–water partition coefficient (Wildman–Crippen LogP) is 1.67. The molecule has 0 spiro atoms. The van der Waals surface area contributed by atoms with Crippen LogP contribution in [-0.4, -0.2) is 42.3 Å². The van der Waals surface area contributed by atoms with Gasteiger partial charge in [0.05, 0.1) is 0 Å². The van der Waals surface area contributed by atoms with Crippen LogP contribution in [0.5, 0.6) is 5.75 Å². The molecular weight excluding hydrogens is 228 g/mol. The number of benzene rings is 1. The molecule has 3 heterocycles. The topological polar surface area (TPSA) is 33.8 Å². The lowest BCUT2D eigenvalue weighted by molar-refractivity contribution is 0.232. The van der Waals surface area contributed by atoms with Crippen molar-refractivity contribution in [3.05, 3.63) is 30.3 Å². The molecule has 4 heteroatoms. The molecule has 4 nitrogen and oxygen atoms in total. The van der Waals surface area contributed by atoms with Gasteiger partial charge in [0, 0.05) is 18.6 Å². The third-order valence-corrected chi connectivity index (χ3v) is 4.02. The molecule has 2 saturated heterocycles. The molecule has 4 unspecified atom stereocenters. The summed E-state index contributed by atoms with van der Waals surface area (Å²) in [6, 6.07) is 11.4. The van der Waals surface area contributed by atoms with E-state index < -0.39 is 0 Å². The first kappa shape index (κ1) is 10.4. The summed E-state index contributed by atoms with van der Waals surface area (Å²) in [5, 5.41) is 0. The van der Waals surface area contributed by atoms with E-state index in [1.54, 1.807) is 0 Å². The Bertz CT molecular complexity index is 474. The molecule has 0 N–H and O–H groups in total. The minimum Gasteiger partial charge on any atom is -0.448 e. The van der Waals surface area contributed by atoms with Crippen LogP contribution in [0.1, 0.15) is 12.8 Å². The summed E-state index contributed by atoms with van der Waals surface area (Å²) in [5.74, 6) is 0.785. The van der Waals surface area contributed by atoms with E-state index in [1.807, 2.05) is 30.3 Å². The monoisotopic (exact) mass is 244 g/mol. The second-order valence-electron chi connectivity index (χ2n) is 5.18. The van der Waals surface area contributed by atoms with Crippen LogP contribution in [0.3, 0.4) is 0 Å². The van der Waals surface area contributed by atoms with Crippen LogP contribution >= 0.6 is 0 Å². The van der Waals surface area contributed by atoms with Crippen molar-refractivity contribution < 1.29 is 9.47 Å². The maximum Gasteiger partial charge on any atom is 0.389 e. The lowest BCUT2D eigenvalue weighted by Crippen LogP contribution is -2.30. The van der Waals surface area contributed by atoms with Crippen LogP contribution in [0.2, 0.25) is 0 Å². The lowest BCUT2D eigenvalue weighted by atomic mass is 10.1. The summed E-state index contributed by atoms with van der Waals surface area (Å²) in [4.78, 5) is 7.10. The highest BCUT2D eigenvalue weighted by Crippen LogP contribution is 2.38. The van der Waals surface area contributed by atoms with Gasteiger partial charge < -0.3 is 9.47 Å². The molecule has 1 aromatic carbocycles. The van der Waals surface area contributed by atoms with Crippen LogP contribution < -0.4 is 4.74 Å². The number of ether oxygens (including phenoxy) is 2. The van der Waals surface area contributed by atoms with Crippen molar-refractivity contribution in [1.82, 2.24) is 4.90 Å². The van der Waals surface area contributed by atoms with Gasteiger partial charge in [-0.05, 0) is 25.0 Å². The Kier molecular flexibility index (Phi) is 2.30. The average Bonchev–Trinajstić information content (AvgIpc) is 2.84. The van der Waals surface area contributed by atoms with Crippen LogP contribution in [0.15, 0.2) is 35.3 Å². The maximum absolute atomic E-state index is 5.62. The summed E-state index contributed by atoms with van der Waals surface area (Å²) in [5.41, 5.74) is 0. The van der Waals surface area contributed by atoms with Gasteiger partial charge in [0.2, 0.25) is 0 Å². The molecular formula is C14H16N2O2. The number of piperidine rings is 1. The van der Waals surface area contributed by atoms with Crippen LogP contribution in [0, 0.1) is 0 Å². The SMILES string of the molecule is c1ccc(OC2=NC(C3CCC4CN43)CO2)cc1. The fourth-order valence-electron chi connectivity index (χ4n) is 3.01. The molecule has 4 atom stereocenters. The second-order valence-corrected chi connectivity index (χ2v) is 5.18. The fourth-order valence-corrected chi connectivity index (χ4v) is 3.01. The van der Waals surface area contributed by atoms with Crippen molar-refractivity contribution in [2.24, 2.45) is 4.99 Å². The summed E-state index contributed by atoms with van der Waals surface area (Å²) >= 11 is 0. The Morgan fingerprint density at radius 1 is 1.22 bits per heavy atom. The van der Waals surface area contributed by atoms with Crippen molar-refractivity contribution in [2.45, 2.75) is 31.0 Å². The first-order valence-corrected chi connectivity index (χ1v) is 6.59. The molecule has 94 valence electrons. The molecule has 3 aliphatic heterocycles. The van der Waals surface area contributed by atoms with Crippen LogP contribution in [0.25, 0.3) is 0 Å². The van der Waals surface area contributed by atoms with Crippen molar-refractivity contribution >= 4 is 6.08 Å². The zero-order valence-corrected chi connectivity index (χ0v) is 10.2. The number of rotatable bonds is 2. The smallest absolute Gasteiger partial charge is 0.389 e. The third-order valence-electron chi connectivity index (χ3n) is 4.02. The van der Waals surface area contributed by atoms with E-state index in [1.165, 1.54) is 19.4 Å². The van der Waals surface area contributed by atoms with Gasteiger partial charge in [-0.3, -0.25) is 4.90 Å². The zero-order valence-electron chi connectivity index (χ0n) is 10.2. The van der Waals surface area contributed by atoms with E-state index in [0.29, 0.717) is 18.7 Å². The van der Waals surface area contributed by atoms with E-state index in [9.17, 15) is 0 Å². The predicted molar refractivity (Wildman–Crippen MR) is 67.8 cm³/mol. The fraction of sp³-hybridized carbons (Fsp3) is 0.500. The van der Waals surface area contributed by atoms with Gasteiger partial charge in [0.25, 0.3) is 0 Å². The molecule has 18 heavy (non-hydrogen) atoms. The molecule has 0 bridgehead atoms. The number of para-hydroxylation sites is 1. The number of fused-ring (bicyclic) bond motifs is 1. The molecule has 2 fully saturated rings. The normalized spacial score (nSPS) is 36.8. The highest BCUT2D eigenvalue weighted by Gasteiger charge is 2.49. The minimum atomic E-state index is 0.260. The van der Waals surface area contributed by atoms with Gasteiger partial charge in [0.1, 0.15) is 18.4 Å². The first-order chi connectivity index (χ1) is 8.90. The highest BCUT2D eigenvalue weighted by atomic mass is 16.7. The van der Waals surface area contributed by atoms with Crippen molar-refractivity contribution in [2.75, 3.05) is 13.2 Å². The minimum absolute atomic E-state index is 0.260. The Morgan fingerprint density at radius 3 is 2.83 bits per heavy atom. The Labute approximate surface area is 106 Å². The lowest BCUT2D eigenvalue weighted by Gasteiger charge is -2.16. The standard InChI is InChI=1S/C14H16N2O2/c1-2-4-11(5-3-1)18-14-15-12(9-17-14)13-7-6-10-8-16(10)13/h1-5,10,12-13H,6-9H2. The summed E-state index contributed by atoms with van der Waals surface area (Å²) in [6.45, 7) is 1.92. The summed E-state index contributed by atoms with van der Waals surface area (Å²) in [7, 11) is 0. The van der Waals surface area contributed by atoms with Crippen molar-refractivity contribution in [3.8, 4) is 5.75 Å². The first-order valence-electron chi connectivity index (χ1n) is 6.59. The van der Waals surface area contributed by atoms with E-state index >= 15 is 0 Å². The molecule has 3 aliphatic rings. The molecule has 4 rings (SSSR count). The van der Waals surface area contributed by atoms with E-state index in [4.69, 9.17) is 9.47 Å². The van der Waals surface area contributed by atoms with E-state index in [0.717, 1.165) is 11.8 Å². The van der Waals surface area contributed by atoms with Gasteiger partial charge in [-0.15, -0.1) is 0 Å². The average molecular weight is 244 g/mol. The molecule has 0 radical (unpaired) electrons. The Balaban J connectivity index is 1.44. The molecule has 1 aromatic rings. The van der Waals surface area contributed by atoms with Crippen molar-refractivity contribution in [1.29, 1.82) is 0 Å². The molecule has 0 amide bonds. The third kappa shape index (κ3) is 1.77. The van der Waals surface area contributed by atoms with Crippen LogP contribution in [-0.2, 0) is 4.74 Å². The van der Waals surface area contributed by atoms with Gasteiger partial charge in [-0.25, -0.2) is 4.99 Å². The van der Waals surface area contributed by atoms with Crippen LogP contribution in [0.4, 0.5) is 0 Å². The molecule has 0 aliphatic carbocycles. The Hall–Kier alpha value is -1.55. The second kappa shape index (κ2) is 3.99. The van der Waals surface area contributed by atoms with Gasteiger partial charge in [-0.1, -0.05) is 18.2 Å². The largest absolute Gasteiger partial charge is 0.448 e. The number of hydrogen-bond acceptors (Lipinski definition) is 4.